The van der Waals surface area contributed by atoms with Crippen LogP contribution in [0.2, 0.25) is 0 Å². The van der Waals surface area contributed by atoms with E-state index >= 15 is 0 Å². The van der Waals surface area contributed by atoms with Gasteiger partial charge < -0.3 is 4.74 Å². The van der Waals surface area contributed by atoms with Crippen LogP contribution >= 0.6 is 0 Å². The highest BCUT2D eigenvalue weighted by Crippen LogP contribution is 2.42. The van der Waals surface area contributed by atoms with Crippen molar-refractivity contribution in [2.24, 2.45) is 0 Å². The third kappa shape index (κ3) is 1.73. The molecule has 98 valence electrons. The summed E-state index contributed by atoms with van der Waals surface area (Å²) in [6.45, 7) is 1.31. The average molecular weight is 266 g/mol. The van der Waals surface area contributed by atoms with Crippen molar-refractivity contribution >= 4 is 18.0 Å². The van der Waals surface area contributed by atoms with Crippen LogP contribution in [-0.4, -0.2) is 18.0 Å². The fourth-order valence-corrected chi connectivity index (χ4v) is 2.42. The molecule has 1 aliphatic carbocycles. The molecule has 3 rings (SSSR count). The third-order valence-electron chi connectivity index (χ3n) is 3.22. The summed E-state index contributed by atoms with van der Waals surface area (Å²) in [6.07, 6.45) is 0.698. The van der Waals surface area contributed by atoms with E-state index < -0.39 is 5.97 Å². The second-order valence-electron chi connectivity index (χ2n) is 4.52. The lowest BCUT2D eigenvalue weighted by Crippen LogP contribution is -2.03. The SMILES string of the molecule is CC(=O)Oc1cccc2c1-c1ccc(C=O)cc1C2=O. The van der Waals surface area contributed by atoms with Gasteiger partial charge in [-0.3, -0.25) is 14.4 Å². The van der Waals surface area contributed by atoms with Gasteiger partial charge in [-0.1, -0.05) is 24.3 Å². The lowest BCUT2D eigenvalue weighted by molar-refractivity contribution is -0.131. The number of rotatable bonds is 2. The molecule has 1 aliphatic rings. The Hall–Kier alpha value is -2.75. The van der Waals surface area contributed by atoms with E-state index in [4.69, 9.17) is 4.74 Å². The first kappa shape index (κ1) is 12.3. The van der Waals surface area contributed by atoms with Gasteiger partial charge in [0.05, 0.1) is 0 Å². The largest absolute Gasteiger partial charge is 0.426 e. The topological polar surface area (TPSA) is 60.4 Å². The molecule has 0 amide bonds. The number of aldehydes is 1. The van der Waals surface area contributed by atoms with Crippen molar-refractivity contribution in [3.63, 3.8) is 0 Å². The third-order valence-corrected chi connectivity index (χ3v) is 3.22. The molecule has 0 atom stereocenters. The molecule has 2 aromatic rings. The van der Waals surface area contributed by atoms with Crippen molar-refractivity contribution in [1.82, 2.24) is 0 Å². The van der Waals surface area contributed by atoms with E-state index in [-0.39, 0.29) is 5.78 Å². The van der Waals surface area contributed by atoms with Gasteiger partial charge in [0.25, 0.3) is 0 Å². The molecule has 0 heterocycles. The lowest BCUT2D eigenvalue weighted by Gasteiger charge is -2.07. The molecule has 2 aromatic carbocycles. The first-order valence-corrected chi connectivity index (χ1v) is 6.07. The first-order chi connectivity index (χ1) is 9.61. The minimum Gasteiger partial charge on any atom is -0.426 e. The van der Waals surface area contributed by atoms with Crippen LogP contribution in [-0.2, 0) is 4.79 Å². The second-order valence-corrected chi connectivity index (χ2v) is 4.52. The van der Waals surface area contributed by atoms with Gasteiger partial charge in [0.2, 0.25) is 0 Å². The molecule has 0 radical (unpaired) electrons. The molecule has 4 nitrogen and oxygen atoms in total. The van der Waals surface area contributed by atoms with Crippen LogP contribution in [0.25, 0.3) is 11.1 Å². The summed E-state index contributed by atoms with van der Waals surface area (Å²) in [6, 6.07) is 9.90. The Morgan fingerprint density at radius 3 is 2.60 bits per heavy atom. The highest BCUT2D eigenvalue weighted by atomic mass is 16.5. The van der Waals surface area contributed by atoms with E-state index in [0.29, 0.717) is 39.9 Å². The molecule has 0 bridgehead atoms. The number of hydrogen-bond acceptors (Lipinski definition) is 4. The summed E-state index contributed by atoms with van der Waals surface area (Å²) in [7, 11) is 0. The summed E-state index contributed by atoms with van der Waals surface area (Å²) >= 11 is 0. The monoisotopic (exact) mass is 266 g/mol. The average Bonchev–Trinajstić information content (AvgIpc) is 2.72. The van der Waals surface area contributed by atoms with Crippen LogP contribution in [0.4, 0.5) is 0 Å². The van der Waals surface area contributed by atoms with E-state index in [0.717, 1.165) is 0 Å². The van der Waals surface area contributed by atoms with Gasteiger partial charge in [0.1, 0.15) is 12.0 Å². The van der Waals surface area contributed by atoms with Crippen LogP contribution in [0, 0.1) is 0 Å². The number of carbonyl (C=O) groups is 3. The fraction of sp³-hybridized carbons (Fsp3) is 0.0625. The van der Waals surface area contributed by atoms with E-state index in [2.05, 4.69) is 0 Å². The van der Waals surface area contributed by atoms with E-state index in [9.17, 15) is 14.4 Å². The molecule has 0 fully saturated rings. The van der Waals surface area contributed by atoms with Gasteiger partial charge >= 0.3 is 5.97 Å². The highest BCUT2D eigenvalue weighted by Gasteiger charge is 2.29. The Morgan fingerprint density at radius 2 is 1.90 bits per heavy atom. The van der Waals surface area contributed by atoms with Crippen molar-refractivity contribution < 1.29 is 19.1 Å². The number of ether oxygens (including phenoxy) is 1. The Labute approximate surface area is 115 Å². The second kappa shape index (κ2) is 4.42. The molecule has 0 unspecified atom stereocenters. The zero-order valence-electron chi connectivity index (χ0n) is 10.7. The minimum atomic E-state index is -0.441. The molecule has 20 heavy (non-hydrogen) atoms. The smallest absolute Gasteiger partial charge is 0.308 e. The number of fused-ring (bicyclic) bond motifs is 3. The normalized spacial score (nSPS) is 11.8. The van der Waals surface area contributed by atoms with E-state index in [1.807, 2.05) is 0 Å². The Morgan fingerprint density at radius 1 is 1.10 bits per heavy atom. The molecule has 0 aliphatic heterocycles. The van der Waals surface area contributed by atoms with Gasteiger partial charge in [0, 0.05) is 29.2 Å². The van der Waals surface area contributed by atoms with Gasteiger partial charge in [-0.05, 0) is 17.7 Å². The van der Waals surface area contributed by atoms with E-state index in [1.165, 1.54) is 6.92 Å². The number of benzene rings is 2. The van der Waals surface area contributed by atoms with Crippen LogP contribution in [0.15, 0.2) is 36.4 Å². The summed E-state index contributed by atoms with van der Waals surface area (Å²) < 4.78 is 5.16. The summed E-state index contributed by atoms with van der Waals surface area (Å²) in [5.74, 6) is -0.238. The van der Waals surface area contributed by atoms with Crippen LogP contribution in [0.5, 0.6) is 5.75 Å². The van der Waals surface area contributed by atoms with Crippen LogP contribution in [0.3, 0.4) is 0 Å². The number of esters is 1. The maximum atomic E-state index is 12.3. The molecule has 0 saturated carbocycles. The molecular weight excluding hydrogens is 256 g/mol. The van der Waals surface area contributed by atoms with Crippen LogP contribution < -0.4 is 4.74 Å². The lowest BCUT2D eigenvalue weighted by atomic mass is 10.0. The molecule has 4 heteroatoms. The highest BCUT2D eigenvalue weighted by molar-refractivity contribution is 6.23. The zero-order chi connectivity index (χ0) is 14.3. The van der Waals surface area contributed by atoms with Crippen LogP contribution in [0.1, 0.15) is 33.2 Å². The maximum absolute atomic E-state index is 12.3. The Balaban J connectivity index is 2.25. The van der Waals surface area contributed by atoms with Gasteiger partial charge in [-0.15, -0.1) is 0 Å². The molecular formula is C16H10O4. The van der Waals surface area contributed by atoms with Crippen molar-refractivity contribution in [3.8, 4) is 16.9 Å². The standard InChI is InChI=1S/C16H10O4/c1-9(18)20-14-4-2-3-12-15(14)11-6-5-10(8-17)7-13(11)16(12)19/h2-8H,1H3. The molecule has 0 N–H and O–H groups in total. The van der Waals surface area contributed by atoms with Crippen molar-refractivity contribution in [3.05, 3.63) is 53.1 Å². The molecule has 0 saturated heterocycles. The molecule has 0 aromatic heterocycles. The summed E-state index contributed by atoms with van der Waals surface area (Å²) in [4.78, 5) is 34.3. The van der Waals surface area contributed by atoms with Crippen molar-refractivity contribution in [1.29, 1.82) is 0 Å². The minimum absolute atomic E-state index is 0.160. The van der Waals surface area contributed by atoms with Crippen molar-refractivity contribution in [2.75, 3.05) is 0 Å². The fourth-order valence-electron chi connectivity index (χ4n) is 2.42. The van der Waals surface area contributed by atoms with Gasteiger partial charge in [0.15, 0.2) is 5.78 Å². The zero-order valence-corrected chi connectivity index (χ0v) is 10.7. The quantitative estimate of drug-likeness (QED) is 0.406. The van der Waals surface area contributed by atoms with Gasteiger partial charge in [-0.25, -0.2) is 0 Å². The summed E-state index contributed by atoms with van der Waals surface area (Å²) in [5.41, 5.74) is 2.69. The predicted molar refractivity (Wildman–Crippen MR) is 72.0 cm³/mol. The Kier molecular flexibility index (Phi) is 2.71. The number of hydrogen-bond donors (Lipinski definition) is 0. The number of carbonyl (C=O) groups excluding carboxylic acids is 3. The van der Waals surface area contributed by atoms with Crippen molar-refractivity contribution in [2.45, 2.75) is 6.92 Å². The Bertz CT molecular complexity index is 759. The summed E-state index contributed by atoms with van der Waals surface area (Å²) in [5, 5.41) is 0. The number of ketones is 1. The predicted octanol–water partition coefficient (Wildman–Crippen LogP) is 2.64. The van der Waals surface area contributed by atoms with Gasteiger partial charge in [-0.2, -0.15) is 0 Å². The maximum Gasteiger partial charge on any atom is 0.308 e. The molecule has 0 spiro atoms. The first-order valence-electron chi connectivity index (χ1n) is 6.07. The van der Waals surface area contributed by atoms with E-state index in [1.54, 1.807) is 36.4 Å².